The molecule has 3 unspecified atom stereocenters. The van der Waals surface area contributed by atoms with Gasteiger partial charge in [-0.1, -0.05) is 57.2 Å². The van der Waals surface area contributed by atoms with E-state index in [9.17, 15) is 0 Å². The lowest BCUT2D eigenvalue weighted by Crippen LogP contribution is -2.19. The Balaban J connectivity index is 1.44. The van der Waals surface area contributed by atoms with Crippen LogP contribution in [0.15, 0.2) is 48.5 Å². The predicted octanol–water partition coefficient (Wildman–Crippen LogP) is 4.68. The molecule has 2 fully saturated rings. The molecule has 2 aliphatic heterocycles. The van der Waals surface area contributed by atoms with Crippen molar-refractivity contribution in [2.24, 2.45) is 0 Å². The van der Waals surface area contributed by atoms with Gasteiger partial charge in [0.15, 0.2) is 0 Å². The maximum Gasteiger partial charge on any atom is 0.119 e. The quantitative estimate of drug-likeness (QED) is 0.647. The topological polar surface area (TPSA) is 34.3 Å². The zero-order valence-electron chi connectivity index (χ0n) is 15.9. The van der Waals surface area contributed by atoms with Crippen molar-refractivity contribution in [2.45, 2.75) is 50.7 Å². The highest BCUT2D eigenvalue weighted by Gasteiger charge is 2.27. The first kappa shape index (κ1) is 17.6. The van der Waals surface area contributed by atoms with E-state index in [2.05, 4.69) is 69.3 Å². The van der Waals surface area contributed by atoms with E-state index in [0.29, 0.717) is 24.7 Å². The molecule has 2 aromatic rings. The molecule has 2 heterocycles. The Bertz CT molecular complexity index is 725. The van der Waals surface area contributed by atoms with Crippen molar-refractivity contribution in [2.75, 3.05) is 19.8 Å². The second-order valence-corrected chi connectivity index (χ2v) is 8.13. The fraction of sp³-hybridized carbons (Fsp3) is 0.478. The Morgan fingerprint density at radius 2 is 1.46 bits per heavy atom. The van der Waals surface area contributed by atoms with E-state index < -0.39 is 0 Å². The van der Waals surface area contributed by atoms with Gasteiger partial charge in [0.25, 0.3) is 0 Å². The van der Waals surface area contributed by atoms with E-state index in [0.717, 1.165) is 25.4 Å². The van der Waals surface area contributed by atoms with Crippen molar-refractivity contribution in [3.05, 3.63) is 65.2 Å². The fourth-order valence-corrected chi connectivity index (χ4v) is 3.45. The molecule has 0 saturated carbocycles. The smallest absolute Gasteiger partial charge is 0.119 e. The van der Waals surface area contributed by atoms with Gasteiger partial charge in [-0.15, -0.1) is 0 Å². The molecule has 0 amide bonds. The molecule has 0 radical (unpaired) electrons. The number of benzene rings is 2. The van der Waals surface area contributed by atoms with Crippen molar-refractivity contribution in [1.82, 2.24) is 0 Å². The number of rotatable bonds is 8. The molecule has 0 aromatic heterocycles. The number of epoxide rings is 2. The van der Waals surface area contributed by atoms with Crippen LogP contribution in [0, 0.1) is 0 Å². The van der Waals surface area contributed by atoms with Crippen molar-refractivity contribution in [3.63, 3.8) is 0 Å². The highest BCUT2D eigenvalue weighted by atomic mass is 16.6. The Labute approximate surface area is 156 Å². The van der Waals surface area contributed by atoms with Gasteiger partial charge in [-0.3, -0.25) is 0 Å². The summed E-state index contributed by atoms with van der Waals surface area (Å²) in [5.41, 5.74) is 3.97. The highest BCUT2D eigenvalue weighted by Crippen LogP contribution is 2.34. The Hall–Kier alpha value is -1.84. The van der Waals surface area contributed by atoms with Crippen LogP contribution >= 0.6 is 0 Å². The summed E-state index contributed by atoms with van der Waals surface area (Å²) in [7, 11) is 0. The molecule has 2 aromatic carbocycles. The molecule has 2 aliphatic rings. The SMILES string of the molecule is CC(CC1CO1)c1ccc(C(C)(C)c2ccc(OCC3CO3)cc2)cc1. The minimum Gasteiger partial charge on any atom is -0.491 e. The van der Waals surface area contributed by atoms with Crippen LogP contribution in [0.5, 0.6) is 5.75 Å². The highest BCUT2D eigenvalue weighted by molar-refractivity contribution is 5.41. The molecule has 0 spiro atoms. The van der Waals surface area contributed by atoms with E-state index in [-0.39, 0.29) is 5.41 Å². The minimum atomic E-state index is -0.0422. The molecule has 0 aliphatic carbocycles. The maximum atomic E-state index is 5.75. The lowest BCUT2D eigenvalue weighted by atomic mass is 9.77. The van der Waals surface area contributed by atoms with Gasteiger partial charge in [-0.25, -0.2) is 0 Å². The summed E-state index contributed by atoms with van der Waals surface area (Å²) in [4.78, 5) is 0. The second-order valence-electron chi connectivity index (χ2n) is 8.13. The lowest BCUT2D eigenvalue weighted by Gasteiger charge is -2.27. The zero-order chi connectivity index (χ0) is 18.1. The molecule has 3 nitrogen and oxygen atoms in total. The molecule has 3 atom stereocenters. The monoisotopic (exact) mass is 352 g/mol. The largest absolute Gasteiger partial charge is 0.491 e. The predicted molar refractivity (Wildman–Crippen MR) is 103 cm³/mol. The van der Waals surface area contributed by atoms with E-state index in [4.69, 9.17) is 14.2 Å². The first-order chi connectivity index (χ1) is 12.5. The first-order valence-corrected chi connectivity index (χ1v) is 9.59. The maximum absolute atomic E-state index is 5.75. The van der Waals surface area contributed by atoms with Crippen LogP contribution in [0.1, 0.15) is 49.8 Å². The van der Waals surface area contributed by atoms with Gasteiger partial charge in [-0.2, -0.15) is 0 Å². The molecule has 0 bridgehead atoms. The van der Waals surface area contributed by atoms with Crippen molar-refractivity contribution in [3.8, 4) is 5.75 Å². The van der Waals surface area contributed by atoms with Crippen molar-refractivity contribution in [1.29, 1.82) is 0 Å². The summed E-state index contributed by atoms with van der Waals surface area (Å²) in [5.74, 6) is 1.46. The summed E-state index contributed by atoms with van der Waals surface area (Å²) >= 11 is 0. The Kier molecular flexibility index (Phi) is 4.76. The van der Waals surface area contributed by atoms with E-state index in [1.54, 1.807) is 0 Å². The third-order valence-corrected chi connectivity index (χ3v) is 5.63. The van der Waals surface area contributed by atoms with Gasteiger partial charge >= 0.3 is 0 Å². The lowest BCUT2D eigenvalue weighted by molar-refractivity contribution is 0.263. The molecule has 2 saturated heterocycles. The van der Waals surface area contributed by atoms with Gasteiger partial charge in [-0.05, 0) is 41.2 Å². The standard InChI is InChI=1S/C23H28O3/c1-16(12-21-13-25-21)17-4-6-18(7-5-17)23(2,3)19-8-10-20(11-9-19)24-14-22-15-26-22/h4-11,16,21-22H,12-15H2,1-3H3. The first-order valence-electron chi connectivity index (χ1n) is 9.59. The normalized spacial score (nSPS) is 22.7. The summed E-state index contributed by atoms with van der Waals surface area (Å²) in [6.07, 6.45) is 1.89. The molecule has 0 N–H and O–H groups in total. The van der Waals surface area contributed by atoms with Gasteiger partial charge < -0.3 is 14.2 Å². The third kappa shape index (κ3) is 4.11. The van der Waals surface area contributed by atoms with E-state index >= 15 is 0 Å². The molecular formula is C23H28O3. The van der Waals surface area contributed by atoms with Gasteiger partial charge in [0.1, 0.15) is 18.5 Å². The molecule has 138 valence electrons. The molecule has 26 heavy (non-hydrogen) atoms. The van der Waals surface area contributed by atoms with E-state index in [1.807, 2.05) is 0 Å². The van der Waals surface area contributed by atoms with Gasteiger partial charge in [0.2, 0.25) is 0 Å². The number of ether oxygens (including phenoxy) is 3. The van der Waals surface area contributed by atoms with Crippen LogP contribution in [-0.4, -0.2) is 32.0 Å². The third-order valence-electron chi connectivity index (χ3n) is 5.63. The summed E-state index contributed by atoms with van der Waals surface area (Å²) in [6, 6.07) is 17.6. The van der Waals surface area contributed by atoms with Gasteiger partial charge in [0, 0.05) is 5.41 Å². The van der Waals surface area contributed by atoms with Crippen LogP contribution in [0.25, 0.3) is 0 Å². The van der Waals surface area contributed by atoms with Crippen LogP contribution in [0.2, 0.25) is 0 Å². The molecule has 3 heteroatoms. The number of hydrogen-bond donors (Lipinski definition) is 0. The van der Waals surface area contributed by atoms with Crippen LogP contribution in [0.4, 0.5) is 0 Å². The second kappa shape index (κ2) is 7.05. The average Bonchev–Trinajstić information content (AvgIpc) is 3.56. The summed E-state index contributed by atoms with van der Waals surface area (Å²) in [5, 5.41) is 0. The number of hydrogen-bond acceptors (Lipinski definition) is 3. The minimum absolute atomic E-state index is 0.0422. The van der Waals surface area contributed by atoms with Crippen LogP contribution in [0.3, 0.4) is 0 Å². The van der Waals surface area contributed by atoms with Crippen LogP contribution in [-0.2, 0) is 14.9 Å². The molecular weight excluding hydrogens is 324 g/mol. The Morgan fingerprint density at radius 1 is 0.923 bits per heavy atom. The van der Waals surface area contributed by atoms with Crippen LogP contribution < -0.4 is 4.74 Å². The Morgan fingerprint density at radius 3 is 2.00 bits per heavy atom. The fourth-order valence-electron chi connectivity index (χ4n) is 3.45. The van der Waals surface area contributed by atoms with Crippen molar-refractivity contribution < 1.29 is 14.2 Å². The van der Waals surface area contributed by atoms with Crippen molar-refractivity contribution >= 4 is 0 Å². The zero-order valence-corrected chi connectivity index (χ0v) is 15.9. The summed E-state index contributed by atoms with van der Waals surface area (Å²) in [6.45, 7) is 9.24. The van der Waals surface area contributed by atoms with E-state index in [1.165, 1.54) is 16.7 Å². The average molecular weight is 352 g/mol. The summed E-state index contributed by atoms with van der Waals surface area (Å²) < 4.78 is 16.3. The molecule has 4 rings (SSSR count). The van der Waals surface area contributed by atoms with Gasteiger partial charge in [0.05, 0.1) is 19.3 Å².